The molecule has 2 unspecified atom stereocenters. The van der Waals surface area contributed by atoms with Crippen molar-refractivity contribution in [2.24, 2.45) is 0 Å². The summed E-state index contributed by atoms with van der Waals surface area (Å²) in [6.07, 6.45) is 5.22. The zero-order valence-electron chi connectivity index (χ0n) is 14.6. The first-order valence-electron chi connectivity index (χ1n) is 8.29. The lowest BCUT2D eigenvalue weighted by Gasteiger charge is -2.23. The molecular formula is C20H18Cl2N2OS2. The van der Waals surface area contributed by atoms with E-state index >= 15 is 0 Å². The number of benzene rings is 2. The molecule has 0 bridgehead atoms. The molecule has 140 valence electrons. The van der Waals surface area contributed by atoms with E-state index in [9.17, 15) is 0 Å². The number of nitrogens with zero attached hydrogens (tertiary/aromatic N) is 2. The van der Waals surface area contributed by atoms with Crippen molar-refractivity contribution in [3.8, 4) is 0 Å². The number of ether oxygens (including phenoxy) is 1. The van der Waals surface area contributed by atoms with Crippen LogP contribution in [0.4, 0.5) is 0 Å². The van der Waals surface area contributed by atoms with Crippen molar-refractivity contribution in [1.29, 1.82) is 0 Å². The molecule has 3 rings (SSSR count). The zero-order valence-corrected chi connectivity index (χ0v) is 17.7. The van der Waals surface area contributed by atoms with Crippen LogP contribution in [0.2, 0.25) is 5.02 Å². The fourth-order valence-corrected chi connectivity index (χ4v) is 4.26. The lowest BCUT2D eigenvalue weighted by Crippen LogP contribution is -2.12. The van der Waals surface area contributed by atoms with E-state index in [1.807, 2.05) is 47.2 Å². The Kier molecular flexibility index (Phi) is 7.19. The third kappa shape index (κ3) is 5.72. The number of halogens is 2. The van der Waals surface area contributed by atoms with Gasteiger partial charge in [0.15, 0.2) is 0 Å². The Morgan fingerprint density at radius 1 is 1.19 bits per heavy atom. The van der Waals surface area contributed by atoms with Crippen LogP contribution in [-0.4, -0.2) is 13.9 Å². The van der Waals surface area contributed by atoms with Crippen LogP contribution in [0.1, 0.15) is 27.4 Å². The Morgan fingerprint density at radius 2 is 1.89 bits per heavy atom. The van der Waals surface area contributed by atoms with E-state index in [1.54, 1.807) is 12.5 Å². The maximum atomic E-state index is 6.72. The average Bonchev–Trinajstić information content (AvgIpc) is 3.21. The quantitative estimate of drug-likeness (QED) is 0.322. The fourth-order valence-electron chi connectivity index (χ4n) is 2.47. The highest BCUT2D eigenvalue weighted by Crippen LogP contribution is 2.42. The molecular weight excluding hydrogens is 419 g/mol. The third-order valence-electron chi connectivity index (χ3n) is 3.96. The van der Waals surface area contributed by atoms with E-state index in [1.165, 1.54) is 17.3 Å². The van der Waals surface area contributed by atoms with Gasteiger partial charge in [-0.05, 0) is 42.4 Å². The second kappa shape index (κ2) is 9.60. The van der Waals surface area contributed by atoms with Gasteiger partial charge in [-0.3, -0.25) is 0 Å². The minimum absolute atomic E-state index is 0.149. The Morgan fingerprint density at radius 3 is 2.52 bits per heavy atom. The number of thiocarbonyl (C=S) groups is 1. The van der Waals surface area contributed by atoms with Gasteiger partial charge in [0.05, 0.1) is 11.6 Å². The predicted octanol–water partition coefficient (Wildman–Crippen LogP) is 6.56. The summed E-state index contributed by atoms with van der Waals surface area (Å²) in [6.45, 7) is 2.48. The standard InChI is InChI=1S/C20H18Cl2N2OS2/c1-14-2-4-15(5-3-14)12-25-20(26)27-18(16-6-8-17(21)9-7-16)19(22)24-11-10-23-13-24/h2-11,13,18-19H,12H2,1H3. The van der Waals surface area contributed by atoms with Gasteiger partial charge in [-0.15, -0.1) is 0 Å². The lowest BCUT2D eigenvalue weighted by molar-refractivity contribution is 0.310. The van der Waals surface area contributed by atoms with Crippen LogP contribution in [0, 0.1) is 6.92 Å². The van der Waals surface area contributed by atoms with Crippen LogP contribution in [0.15, 0.2) is 67.3 Å². The molecule has 3 nitrogen and oxygen atoms in total. The van der Waals surface area contributed by atoms with Crippen LogP contribution < -0.4 is 0 Å². The van der Waals surface area contributed by atoms with Gasteiger partial charge in [-0.2, -0.15) is 0 Å². The van der Waals surface area contributed by atoms with Crippen molar-refractivity contribution >= 4 is 51.6 Å². The fraction of sp³-hybridized carbons (Fsp3) is 0.200. The zero-order chi connectivity index (χ0) is 19.2. The number of aromatic nitrogens is 2. The minimum Gasteiger partial charge on any atom is -0.474 e. The van der Waals surface area contributed by atoms with Gasteiger partial charge in [-0.25, -0.2) is 4.98 Å². The van der Waals surface area contributed by atoms with Gasteiger partial charge in [0.25, 0.3) is 0 Å². The number of rotatable bonds is 6. The van der Waals surface area contributed by atoms with Crippen LogP contribution in [0.25, 0.3) is 0 Å². The first-order valence-corrected chi connectivity index (χ1v) is 10.4. The molecule has 0 radical (unpaired) electrons. The summed E-state index contributed by atoms with van der Waals surface area (Å²) in [5.41, 5.74) is 2.92. The molecule has 0 aliphatic rings. The maximum absolute atomic E-state index is 6.72. The molecule has 2 atom stereocenters. The Labute approximate surface area is 178 Å². The minimum atomic E-state index is -0.375. The summed E-state index contributed by atoms with van der Waals surface area (Å²) in [4.78, 5) is 4.08. The number of hydrogen-bond donors (Lipinski definition) is 0. The van der Waals surface area contributed by atoms with Crippen LogP contribution >= 0.6 is 47.2 Å². The Balaban J connectivity index is 1.71. The van der Waals surface area contributed by atoms with Gasteiger partial charge in [0.2, 0.25) is 4.38 Å². The number of thioether (sulfide) groups is 1. The van der Waals surface area contributed by atoms with E-state index in [0.29, 0.717) is 16.0 Å². The molecule has 0 aliphatic heterocycles. The molecule has 0 fully saturated rings. The van der Waals surface area contributed by atoms with E-state index < -0.39 is 0 Å². The molecule has 0 saturated carbocycles. The highest BCUT2D eigenvalue weighted by atomic mass is 35.5. The van der Waals surface area contributed by atoms with Gasteiger partial charge in [-0.1, -0.05) is 76.9 Å². The van der Waals surface area contributed by atoms with Crippen LogP contribution in [-0.2, 0) is 11.3 Å². The van der Waals surface area contributed by atoms with Gasteiger partial charge < -0.3 is 9.30 Å². The van der Waals surface area contributed by atoms with Crippen molar-refractivity contribution < 1.29 is 4.74 Å². The molecule has 7 heteroatoms. The second-order valence-corrected chi connectivity index (χ2v) is 8.62. The molecule has 1 heterocycles. The molecule has 2 aromatic carbocycles. The smallest absolute Gasteiger partial charge is 0.221 e. The van der Waals surface area contributed by atoms with Crippen molar-refractivity contribution in [2.45, 2.75) is 24.3 Å². The molecule has 27 heavy (non-hydrogen) atoms. The number of imidazole rings is 1. The molecule has 0 spiro atoms. The molecule has 0 amide bonds. The van der Waals surface area contributed by atoms with Crippen molar-refractivity contribution in [3.63, 3.8) is 0 Å². The van der Waals surface area contributed by atoms with Crippen molar-refractivity contribution in [3.05, 3.63) is 89.0 Å². The van der Waals surface area contributed by atoms with Gasteiger partial charge >= 0.3 is 0 Å². The largest absolute Gasteiger partial charge is 0.474 e. The maximum Gasteiger partial charge on any atom is 0.221 e. The molecule has 1 aromatic heterocycles. The first kappa shape index (κ1) is 20.2. The molecule has 3 aromatic rings. The summed E-state index contributed by atoms with van der Waals surface area (Å²) in [5, 5.41) is 0.526. The number of aryl methyl sites for hydroxylation is 1. The average molecular weight is 437 g/mol. The topological polar surface area (TPSA) is 27.1 Å². The predicted molar refractivity (Wildman–Crippen MR) is 117 cm³/mol. The Hall–Kier alpha value is -1.53. The van der Waals surface area contributed by atoms with E-state index in [4.69, 9.17) is 40.2 Å². The highest BCUT2D eigenvalue weighted by molar-refractivity contribution is 8.22. The summed E-state index contributed by atoms with van der Waals surface area (Å²) < 4.78 is 8.09. The van der Waals surface area contributed by atoms with Crippen molar-refractivity contribution in [1.82, 2.24) is 9.55 Å². The highest BCUT2D eigenvalue weighted by Gasteiger charge is 2.25. The van der Waals surface area contributed by atoms with Gasteiger partial charge in [0, 0.05) is 17.4 Å². The van der Waals surface area contributed by atoms with E-state index in [-0.39, 0.29) is 10.8 Å². The Bertz CT molecular complexity index is 868. The summed E-state index contributed by atoms with van der Waals surface area (Å²) in [7, 11) is 0. The van der Waals surface area contributed by atoms with Crippen LogP contribution in [0.5, 0.6) is 0 Å². The lowest BCUT2D eigenvalue weighted by atomic mass is 10.1. The summed E-state index contributed by atoms with van der Waals surface area (Å²) in [5.74, 6) is 0. The normalized spacial score (nSPS) is 13.1. The molecule has 0 aliphatic carbocycles. The SMILES string of the molecule is Cc1ccc(COC(=S)SC(c2ccc(Cl)cc2)C(Cl)n2ccnc2)cc1. The van der Waals surface area contributed by atoms with E-state index in [2.05, 4.69) is 24.0 Å². The number of hydrogen-bond acceptors (Lipinski definition) is 4. The first-order chi connectivity index (χ1) is 13.0. The van der Waals surface area contributed by atoms with Gasteiger partial charge in [0.1, 0.15) is 12.1 Å². The molecule has 0 N–H and O–H groups in total. The monoisotopic (exact) mass is 436 g/mol. The third-order valence-corrected chi connectivity index (χ3v) is 6.34. The molecule has 0 saturated heterocycles. The summed E-state index contributed by atoms with van der Waals surface area (Å²) >= 11 is 19.6. The summed E-state index contributed by atoms with van der Waals surface area (Å²) in [6, 6.07) is 15.8. The van der Waals surface area contributed by atoms with Crippen LogP contribution in [0.3, 0.4) is 0 Å². The van der Waals surface area contributed by atoms with Crippen molar-refractivity contribution in [2.75, 3.05) is 0 Å². The van der Waals surface area contributed by atoms with E-state index in [0.717, 1.165) is 11.1 Å². The number of alkyl halides is 1. The second-order valence-electron chi connectivity index (χ2n) is 6.00.